The smallest absolute Gasteiger partial charge is 0.159 e. The monoisotopic (exact) mass is 504 g/mol. The van der Waals surface area contributed by atoms with Gasteiger partial charge in [-0.05, 0) is 52.9 Å². The van der Waals surface area contributed by atoms with Crippen molar-refractivity contribution in [2.45, 2.75) is 6.92 Å². The van der Waals surface area contributed by atoms with Crippen LogP contribution in [0.5, 0.6) is 0 Å². The number of aryl methyl sites for hydroxylation is 1. The Morgan fingerprint density at radius 3 is 1.84 bits per heavy atom. The van der Waals surface area contributed by atoms with Crippen molar-refractivity contribution < 1.29 is 8.80 Å². The molecule has 0 amide bonds. The van der Waals surface area contributed by atoms with Crippen LogP contribution in [-0.4, -0.2) is 0 Å². The maximum absolute atomic E-state index is 2.42. The number of pyridine rings is 2. The number of benzene rings is 4. The van der Waals surface area contributed by atoms with Crippen LogP contribution in [0.25, 0.3) is 63.8 Å². The Morgan fingerprint density at radius 1 is 0.421 bits per heavy atom. The largest absolute Gasteiger partial charge is 0.226 e. The number of hydrogen-bond acceptors (Lipinski definition) is 1. The van der Waals surface area contributed by atoms with E-state index in [4.69, 9.17) is 0 Å². The van der Waals surface area contributed by atoms with Gasteiger partial charge in [-0.2, -0.15) is 8.80 Å². The molecule has 0 aliphatic carbocycles. The molecule has 4 aromatic heterocycles. The summed E-state index contributed by atoms with van der Waals surface area (Å²) in [7, 11) is 0. The van der Waals surface area contributed by atoms with Crippen molar-refractivity contribution in [3.63, 3.8) is 0 Å². The van der Waals surface area contributed by atoms with Crippen LogP contribution in [-0.2, 0) is 0 Å². The predicted octanol–water partition coefficient (Wildman–Crippen LogP) is 8.42. The molecule has 38 heavy (non-hydrogen) atoms. The molecule has 3 heteroatoms. The summed E-state index contributed by atoms with van der Waals surface area (Å²) in [5, 5.41) is 7.58. The number of rotatable bonds is 0. The minimum absolute atomic E-state index is 1.18. The lowest BCUT2D eigenvalue weighted by molar-refractivity contribution is -0.488. The number of hydrogen-bond donors (Lipinski definition) is 0. The molecule has 0 radical (unpaired) electrons. The first-order chi connectivity index (χ1) is 18.8. The number of fused-ring (bicyclic) bond motifs is 13. The van der Waals surface area contributed by atoms with E-state index in [0.717, 1.165) is 0 Å². The molecule has 2 nitrogen and oxygen atoms in total. The van der Waals surface area contributed by atoms with Crippen LogP contribution in [0.4, 0.5) is 0 Å². The van der Waals surface area contributed by atoms with Gasteiger partial charge in [0.2, 0.25) is 22.1 Å². The van der Waals surface area contributed by atoms with Crippen LogP contribution >= 0.6 is 11.3 Å². The molecule has 4 aromatic carbocycles. The average Bonchev–Trinajstić information content (AvgIpc) is 3.10. The Labute approximate surface area is 223 Å². The molecule has 8 rings (SSSR count). The van der Waals surface area contributed by atoms with E-state index >= 15 is 0 Å². The second-order valence-electron chi connectivity index (χ2n) is 9.94. The third kappa shape index (κ3) is 3.12. The molecule has 0 aliphatic heterocycles. The van der Waals surface area contributed by atoms with Crippen LogP contribution in [0.1, 0.15) is 5.56 Å². The first-order valence-electron chi connectivity index (χ1n) is 12.9. The molecule has 0 spiro atoms. The van der Waals surface area contributed by atoms with Crippen LogP contribution < -0.4 is 8.80 Å². The zero-order valence-electron chi connectivity index (χ0n) is 20.9. The normalized spacial score (nSPS) is 11.8. The van der Waals surface area contributed by atoms with Crippen LogP contribution in [0, 0.1) is 6.92 Å². The van der Waals surface area contributed by atoms with Crippen molar-refractivity contribution >= 4 is 75.1 Å². The SMILES string of the molecule is Cc1cc[n+]2c3ccccc3c3cccc[n+]3c3cc4sc5ccccc5c5ccccc5c4cc3c2c1. The summed E-state index contributed by atoms with van der Waals surface area (Å²) >= 11 is 1.87. The lowest BCUT2D eigenvalue weighted by Crippen LogP contribution is -2.27. The maximum Gasteiger partial charge on any atom is 0.226 e. The summed E-state index contributed by atoms with van der Waals surface area (Å²) in [5.41, 5.74) is 6.00. The van der Waals surface area contributed by atoms with Crippen molar-refractivity contribution in [2.24, 2.45) is 0 Å². The van der Waals surface area contributed by atoms with Gasteiger partial charge >= 0.3 is 0 Å². The minimum atomic E-state index is 1.18. The molecule has 0 unspecified atom stereocenters. The number of aromatic nitrogens is 2. The third-order valence-electron chi connectivity index (χ3n) is 7.66. The topological polar surface area (TPSA) is 8.20 Å². The highest BCUT2D eigenvalue weighted by atomic mass is 32.1. The van der Waals surface area contributed by atoms with Gasteiger partial charge in [0, 0.05) is 51.2 Å². The van der Waals surface area contributed by atoms with Crippen molar-refractivity contribution in [1.82, 2.24) is 0 Å². The summed E-state index contributed by atoms with van der Waals surface area (Å²) < 4.78 is 7.29. The molecule has 0 aliphatic rings. The Kier molecular flexibility index (Phi) is 4.64. The molecule has 0 fully saturated rings. The van der Waals surface area contributed by atoms with Crippen molar-refractivity contribution in [2.75, 3.05) is 0 Å². The second kappa shape index (κ2) is 8.20. The fraction of sp³-hybridized carbons (Fsp3) is 0.0286. The zero-order valence-corrected chi connectivity index (χ0v) is 21.7. The third-order valence-corrected chi connectivity index (χ3v) is 8.79. The molecule has 4 heterocycles. The molecule has 0 atom stereocenters. The van der Waals surface area contributed by atoms with Crippen molar-refractivity contribution in [3.05, 3.63) is 133 Å². The molecular weight excluding hydrogens is 480 g/mol. The highest BCUT2D eigenvalue weighted by Gasteiger charge is 2.20. The van der Waals surface area contributed by atoms with E-state index in [0.29, 0.717) is 0 Å². The summed E-state index contributed by atoms with van der Waals surface area (Å²) in [4.78, 5) is 0. The van der Waals surface area contributed by atoms with E-state index in [1.165, 1.54) is 69.3 Å². The van der Waals surface area contributed by atoms with Gasteiger partial charge in [-0.1, -0.05) is 54.6 Å². The maximum atomic E-state index is 2.42. The van der Waals surface area contributed by atoms with E-state index in [1.807, 2.05) is 11.3 Å². The highest BCUT2D eigenvalue weighted by molar-refractivity contribution is 7.24. The number of nitrogens with zero attached hydrogens (tertiary/aromatic N) is 2. The highest BCUT2D eigenvalue weighted by Crippen LogP contribution is 2.36. The van der Waals surface area contributed by atoms with Crippen LogP contribution in [0.3, 0.4) is 0 Å². The summed E-state index contributed by atoms with van der Waals surface area (Å²) in [6.07, 6.45) is 4.42. The van der Waals surface area contributed by atoms with E-state index < -0.39 is 0 Å². The van der Waals surface area contributed by atoms with Gasteiger partial charge in [-0.15, -0.1) is 11.3 Å². The molecule has 0 bridgehead atoms. The van der Waals surface area contributed by atoms with Gasteiger partial charge in [-0.25, -0.2) is 0 Å². The number of para-hydroxylation sites is 1. The fourth-order valence-electron chi connectivity index (χ4n) is 5.91. The summed E-state index contributed by atoms with van der Waals surface area (Å²) in [6, 6.07) is 42.2. The van der Waals surface area contributed by atoms with Gasteiger partial charge in [0.05, 0.1) is 0 Å². The Hall–Kier alpha value is -4.60. The van der Waals surface area contributed by atoms with E-state index in [2.05, 4.69) is 143 Å². The fourth-order valence-corrected chi connectivity index (χ4v) is 7.04. The average molecular weight is 505 g/mol. The lowest BCUT2D eigenvalue weighted by atomic mass is 10.0. The standard InChI is InChI=1S/C35H24N2S/c1-23-17-19-37-31-14-6-4-13-27(31)30-15-8-9-18-36(30)33-22-35-28(21-29(33)32(37)20-23)25-11-3-2-10-24(25)26-12-5-7-16-34(26)38-35/h2-22H,1H3/q+2. The first-order valence-corrected chi connectivity index (χ1v) is 13.8. The Balaban J connectivity index is 1.77. The first kappa shape index (κ1) is 21.5. The molecule has 8 aromatic rings. The van der Waals surface area contributed by atoms with Crippen LogP contribution in [0.15, 0.2) is 128 Å². The van der Waals surface area contributed by atoms with E-state index in [1.54, 1.807) is 0 Å². The minimum Gasteiger partial charge on any atom is -0.159 e. The Bertz CT molecular complexity index is 2310. The van der Waals surface area contributed by atoms with Gasteiger partial charge in [0.1, 0.15) is 10.8 Å². The van der Waals surface area contributed by atoms with Gasteiger partial charge in [0.15, 0.2) is 12.4 Å². The molecular formula is C35H24N2S+2. The van der Waals surface area contributed by atoms with Crippen molar-refractivity contribution in [1.29, 1.82) is 0 Å². The molecule has 178 valence electrons. The predicted molar refractivity (Wildman–Crippen MR) is 161 cm³/mol. The van der Waals surface area contributed by atoms with Gasteiger partial charge in [0.25, 0.3) is 0 Å². The Morgan fingerprint density at radius 2 is 1.03 bits per heavy atom. The van der Waals surface area contributed by atoms with Gasteiger partial charge in [-0.3, -0.25) is 0 Å². The second-order valence-corrected chi connectivity index (χ2v) is 11.0. The lowest BCUT2D eigenvalue weighted by Gasteiger charge is -2.03. The van der Waals surface area contributed by atoms with E-state index in [-0.39, 0.29) is 0 Å². The molecule has 0 saturated heterocycles. The van der Waals surface area contributed by atoms with Crippen molar-refractivity contribution in [3.8, 4) is 0 Å². The van der Waals surface area contributed by atoms with Gasteiger partial charge < -0.3 is 0 Å². The summed E-state index contributed by atoms with van der Waals surface area (Å²) in [5.74, 6) is 0. The molecule has 0 saturated carbocycles. The zero-order chi connectivity index (χ0) is 25.2. The van der Waals surface area contributed by atoms with Crippen LogP contribution in [0.2, 0.25) is 0 Å². The van der Waals surface area contributed by atoms with E-state index in [9.17, 15) is 0 Å². The molecule has 0 N–H and O–H groups in total. The summed E-state index contributed by atoms with van der Waals surface area (Å²) in [6.45, 7) is 2.18. The quantitative estimate of drug-likeness (QED) is 0.183.